The second kappa shape index (κ2) is 8.43. The lowest BCUT2D eigenvalue weighted by Crippen LogP contribution is -2.22. The van der Waals surface area contributed by atoms with Gasteiger partial charge in [-0.05, 0) is 42.3 Å². The number of hydrogen-bond acceptors (Lipinski definition) is 4. The fourth-order valence-electron chi connectivity index (χ4n) is 2.77. The summed E-state index contributed by atoms with van der Waals surface area (Å²) in [6, 6.07) is 12.3. The molecule has 146 valence electrons. The fourth-order valence-corrected chi connectivity index (χ4v) is 2.77. The quantitative estimate of drug-likeness (QED) is 0.515. The van der Waals surface area contributed by atoms with Gasteiger partial charge in [-0.1, -0.05) is 12.1 Å². The predicted octanol–water partition coefficient (Wildman–Crippen LogP) is 2.04. The second-order valence-corrected chi connectivity index (χ2v) is 6.39. The Morgan fingerprint density at radius 3 is 2.64 bits per heavy atom. The van der Waals surface area contributed by atoms with Crippen molar-refractivity contribution in [3.63, 3.8) is 0 Å². The van der Waals surface area contributed by atoms with Gasteiger partial charge in [0.05, 0.1) is 17.6 Å². The zero-order chi connectivity index (χ0) is 20.1. The molecule has 0 fully saturated rings. The Morgan fingerprint density at radius 2 is 1.93 bits per heavy atom. The van der Waals surface area contributed by atoms with Crippen LogP contribution in [0.4, 0.5) is 0 Å². The highest BCUT2D eigenvalue weighted by atomic mass is 16.5. The number of carboxylic acids is 1. The van der Waals surface area contributed by atoms with E-state index in [0.29, 0.717) is 41.9 Å². The highest BCUT2D eigenvalue weighted by Gasteiger charge is 2.09. The molecule has 1 amide bonds. The molecule has 0 aliphatic carbocycles. The predicted molar refractivity (Wildman–Crippen MR) is 104 cm³/mol. The number of fused-ring (bicyclic) bond motifs is 1. The standard InChI is InChI=1S/C20H21N3O5/c1-23-17-11-14(6-9-16(17)22-20(23)27)19(26)21-12-13-4-7-15(8-5-13)28-10-2-3-18(24)25/h4-9,11H,2-3,10,12H2,1H3,(H,21,26)(H,22,27)(H,24,25). The molecule has 1 aromatic heterocycles. The summed E-state index contributed by atoms with van der Waals surface area (Å²) >= 11 is 0. The Morgan fingerprint density at radius 1 is 1.18 bits per heavy atom. The van der Waals surface area contributed by atoms with Crippen molar-refractivity contribution < 1.29 is 19.4 Å². The normalized spacial score (nSPS) is 10.8. The van der Waals surface area contributed by atoms with Gasteiger partial charge >= 0.3 is 11.7 Å². The maximum Gasteiger partial charge on any atom is 0.326 e. The van der Waals surface area contributed by atoms with Crippen LogP contribution >= 0.6 is 0 Å². The van der Waals surface area contributed by atoms with Crippen LogP contribution in [0.25, 0.3) is 11.0 Å². The number of aryl methyl sites for hydroxylation is 1. The van der Waals surface area contributed by atoms with Crippen LogP contribution in [-0.4, -0.2) is 33.1 Å². The van der Waals surface area contributed by atoms with E-state index in [-0.39, 0.29) is 18.0 Å². The van der Waals surface area contributed by atoms with Crippen molar-refractivity contribution >= 4 is 22.9 Å². The van der Waals surface area contributed by atoms with Crippen LogP contribution in [0.2, 0.25) is 0 Å². The van der Waals surface area contributed by atoms with Gasteiger partial charge in [-0.25, -0.2) is 4.79 Å². The molecule has 2 aromatic carbocycles. The number of carboxylic acid groups (broad SMARTS) is 1. The molecule has 3 aromatic rings. The minimum Gasteiger partial charge on any atom is -0.494 e. The van der Waals surface area contributed by atoms with Crippen molar-refractivity contribution in [2.45, 2.75) is 19.4 Å². The molecule has 8 nitrogen and oxygen atoms in total. The van der Waals surface area contributed by atoms with Crippen LogP contribution < -0.4 is 15.7 Å². The van der Waals surface area contributed by atoms with Gasteiger partial charge in [-0.15, -0.1) is 0 Å². The van der Waals surface area contributed by atoms with Crippen LogP contribution in [0, 0.1) is 0 Å². The summed E-state index contributed by atoms with van der Waals surface area (Å²) < 4.78 is 6.94. The molecule has 0 spiro atoms. The molecule has 0 radical (unpaired) electrons. The number of carbonyl (C=O) groups is 2. The molecular formula is C20H21N3O5. The Hall–Kier alpha value is -3.55. The Balaban J connectivity index is 1.55. The number of nitrogens with zero attached hydrogens (tertiary/aromatic N) is 1. The molecule has 8 heteroatoms. The molecular weight excluding hydrogens is 362 g/mol. The Labute approximate surface area is 160 Å². The first-order chi connectivity index (χ1) is 13.4. The fraction of sp³-hybridized carbons (Fsp3) is 0.250. The molecule has 0 aliphatic rings. The number of hydrogen-bond donors (Lipinski definition) is 3. The summed E-state index contributed by atoms with van der Waals surface area (Å²) in [4.78, 5) is 37.2. The van der Waals surface area contributed by atoms with Crippen molar-refractivity contribution in [3.05, 3.63) is 64.1 Å². The van der Waals surface area contributed by atoms with E-state index in [0.717, 1.165) is 5.56 Å². The Bertz CT molecular complexity index is 1050. The number of rotatable bonds is 8. The number of imidazole rings is 1. The van der Waals surface area contributed by atoms with Gasteiger partial charge in [0, 0.05) is 25.6 Å². The number of carbonyl (C=O) groups excluding carboxylic acids is 1. The lowest BCUT2D eigenvalue weighted by atomic mass is 10.1. The van der Waals surface area contributed by atoms with Gasteiger partial charge in [-0.3, -0.25) is 14.2 Å². The van der Waals surface area contributed by atoms with Gasteiger partial charge in [0.15, 0.2) is 0 Å². The topological polar surface area (TPSA) is 113 Å². The van der Waals surface area contributed by atoms with Crippen LogP contribution in [0.3, 0.4) is 0 Å². The first kappa shape index (κ1) is 19.2. The third-order valence-corrected chi connectivity index (χ3v) is 4.35. The van der Waals surface area contributed by atoms with Crippen molar-refractivity contribution in [2.75, 3.05) is 6.61 Å². The average molecular weight is 383 g/mol. The maximum atomic E-state index is 12.4. The number of aromatic amines is 1. The molecule has 0 saturated heterocycles. The van der Waals surface area contributed by atoms with E-state index >= 15 is 0 Å². The molecule has 3 N–H and O–H groups in total. The van der Waals surface area contributed by atoms with Gasteiger partial charge in [0.2, 0.25) is 0 Å². The second-order valence-electron chi connectivity index (χ2n) is 6.39. The number of ether oxygens (including phenoxy) is 1. The number of aliphatic carboxylic acids is 1. The van der Waals surface area contributed by atoms with Gasteiger partial charge in [0.25, 0.3) is 5.91 Å². The van der Waals surface area contributed by atoms with E-state index in [2.05, 4.69) is 10.3 Å². The Kier molecular flexibility index (Phi) is 5.78. The lowest BCUT2D eigenvalue weighted by molar-refractivity contribution is -0.137. The highest BCUT2D eigenvalue weighted by Crippen LogP contribution is 2.14. The van der Waals surface area contributed by atoms with Gasteiger partial charge in [-0.2, -0.15) is 0 Å². The summed E-state index contributed by atoms with van der Waals surface area (Å²) in [6.45, 7) is 0.689. The molecule has 0 unspecified atom stereocenters. The summed E-state index contributed by atoms with van der Waals surface area (Å²) in [6.07, 6.45) is 0.525. The summed E-state index contributed by atoms with van der Waals surface area (Å²) in [5.74, 6) is -0.420. The minimum atomic E-state index is -0.840. The van der Waals surface area contributed by atoms with Crippen molar-refractivity contribution in [1.29, 1.82) is 0 Å². The maximum absolute atomic E-state index is 12.4. The van der Waals surface area contributed by atoms with E-state index in [9.17, 15) is 14.4 Å². The summed E-state index contributed by atoms with van der Waals surface area (Å²) in [5.41, 5.74) is 2.50. The molecule has 28 heavy (non-hydrogen) atoms. The monoisotopic (exact) mass is 383 g/mol. The minimum absolute atomic E-state index is 0.0762. The van der Waals surface area contributed by atoms with E-state index in [4.69, 9.17) is 9.84 Å². The van der Waals surface area contributed by atoms with Gasteiger partial charge < -0.3 is 20.1 Å². The van der Waals surface area contributed by atoms with Crippen molar-refractivity contribution in [2.24, 2.45) is 7.05 Å². The van der Waals surface area contributed by atoms with Crippen LogP contribution in [0.15, 0.2) is 47.3 Å². The van der Waals surface area contributed by atoms with Crippen molar-refractivity contribution in [1.82, 2.24) is 14.9 Å². The molecule has 0 saturated carbocycles. The highest BCUT2D eigenvalue weighted by molar-refractivity contribution is 5.97. The first-order valence-corrected chi connectivity index (χ1v) is 8.84. The molecule has 3 rings (SSSR count). The molecule has 0 bridgehead atoms. The van der Waals surface area contributed by atoms with E-state index in [1.807, 2.05) is 12.1 Å². The largest absolute Gasteiger partial charge is 0.494 e. The third-order valence-electron chi connectivity index (χ3n) is 4.35. The van der Waals surface area contributed by atoms with Crippen LogP contribution in [0.5, 0.6) is 5.75 Å². The summed E-state index contributed by atoms with van der Waals surface area (Å²) in [5, 5.41) is 11.4. The zero-order valence-electron chi connectivity index (χ0n) is 15.4. The van der Waals surface area contributed by atoms with E-state index in [1.54, 1.807) is 37.4 Å². The number of H-pyrrole nitrogens is 1. The lowest BCUT2D eigenvalue weighted by Gasteiger charge is -2.08. The smallest absolute Gasteiger partial charge is 0.326 e. The zero-order valence-corrected chi connectivity index (χ0v) is 15.4. The third kappa shape index (κ3) is 4.59. The van der Waals surface area contributed by atoms with Crippen molar-refractivity contribution in [3.8, 4) is 5.75 Å². The number of amides is 1. The average Bonchev–Trinajstić information content (AvgIpc) is 2.97. The van der Waals surface area contributed by atoms with Crippen LogP contribution in [-0.2, 0) is 18.4 Å². The summed E-state index contributed by atoms with van der Waals surface area (Å²) in [7, 11) is 1.65. The van der Waals surface area contributed by atoms with Crippen LogP contribution in [0.1, 0.15) is 28.8 Å². The number of benzene rings is 2. The SMILES string of the molecule is Cn1c(=O)[nH]c2ccc(C(=O)NCc3ccc(OCCCC(=O)O)cc3)cc21. The molecule has 0 atom stereocenters. The number of nitrogens with one attached hydrogen (secondary N) is 2. The van der Waals surface area contributed by atoms with E-state index in [1.165, 1.54) is 4.57 Å². The molecule has 1 heterocycles. The van der Waals surface area contributed by atoms with E-state index < -0.39 is 5.97 Å². The number of aromatic nitrogens is 2. The molecule has 0 aliphatic heterocycles. The van der Waals surface area contributed by atoms with Gasteiger partial charge in [0.1, 0.15) is 5.75 Å². The first-order valence-electron chi connectivity index (χ1n) is 8.84.